The van der Waals surface area contributed by atoms with Gasteiger partial charge in [-0.25, -0.2) is 0 Å². The normalized spacial score (nSPS) is 12.8. The van der Waals surface area contributed by atoms with E-state index in [-0.39, 0.29) is 6.04 Å². The number of thioether (sulfide) groups is 1. The van der Waals surface area contributed by atoms with Gasteiger partial charge in [0, 0.05) is 11.8 Å². The van der Waals surface area contributed by atoms with Crippen LogP contribution in [0.5, 0.6) is 0 Å². The van der Waals surface area contributed by atoms with E-state index in [9.17, 15) is 0 Å². The van der Waals surface area contributed by atoms with Crippen molar-refractivity contribution in [3.05, 3.63) is 35.9 Å². The van der Waals surface area contributed by atoms with Gasteiger partial charge in [0.2, 0.25) is 0 Å². The van der Waals surface area contributed by atoms with Gasteiger partial charge in [0.1, 0.15) is 0 Å². The standard InChI is InChI=1S/C11H17NS/c1-2-8-13-9-11(12)10-6-4-3-5-7-10/h3-7,11H,2,8-9,12H2,1H3. The maximum Gasteiger partial charge on any atom is 0.0386 e. The van der Waals surface area contributed by atoms with Crippen LogP contribution in [-0.4, -0.2) is 11.5 Å². The highest BCUT2D eigenvalue weighted by molar-refractivity contribution is 7.99. The highest BCUT2D eigenvalue weighted by atomic mass is 32.2. The second-order valence-corrected chi connectivity index (χ2v) is 4.24. The van der Waals surface area contributed by atoms with Gasteiger partial charge < -0.3 is 5.73 Å². The monoisotopic (exact) mass is 195 g/mol. The van der Waals surface area contributed by atoms with Crippen molar-refractivity contribution < 1.29 is 0 Å². The van der Waals surface area contributed by atoms with E-state index in [4.69, 9.17) is 5.73 Å². The number of rotatable bonds is 5. The molecule has 0 spiro atoms. The predicted molar refractivity (Wildman–Crippen MR) is 61.0 cm³/mol. The van der Waals surface area contributed by atoms with Crippen LogP contribution in [0.3, 0.4) is 0 Å². The van der Waals surface area contributed by atoms with Crippen LogP contribution in [0.1, 0.15) is 24.9 Å². The van der Waals surface area contributed by atoms with Crippen molar-refractivity contribution in [3.8, 4) is 0 Å². The van der Waals surface area contributed by atoms with E-state index < -0.39 is 0 Å². The molecule has 0 aromatic heterocycles. The van der Waals surface area contributed by atoms with Crippen LogP contribution in [0.4, 0.5) is 0 Å². The first-order valence-electron chi connectivity index (χ1n) is 4.73. The lowest BCUT2D eigenvalue weighted by Crippen LogP contribution is -2.12. The smallest absolute Gasteiger partial charge is 0.0386 e. The second-order valence-electron chi connectivity index (χ2n) is 3.09. The van der Waals surface area contributed by atoms with Gasteiger partial charge in [0.25, 0.3) is 0 Å². The predicted octanol–water partition coefficient (Wildman–Crippen LogP) is 2.83. The molecule has 72 valence electrons. The van der Waals surface area contributed by atoms with E-state index in [1.165, 1.54) is 17.7 Å². The largest absolute Gasteiger partial charge is 0.323 e. The maximum atomic E-state index is 6.01. The zero-order valence-electron chi connectivity index (χ0n) is 8.07. The first-order valence-corrected chi connectivity index (χ1v) is 5.88. The van der Waals surface area contributed by atoms with E-state index in [0.29, 0.717) is 0 Å². The molecule has 2 N–H and O–H groups in total. The molecule has 0 aliphatic heterocycles. The lowest BCUT2D eigenvalue weighted by molar-refractivity contribution is 0.830. The summed E-state index contributed by atoms with van der Waals surface area (Å²) in [5, 5.41) is 0. The molecular weight excluding hydrogens is 178 g/mol. The number of benzene rings is 1. The summed E-state index contributed by atoms with van der Waals surface area (Å²) in [4.78, 5) is 0. The first kappa shape index (κ1) is 10.6. The van der Waals surface area contributed by atoms with Crippen molar-refractivity contribution in [1.82, 2.24) is 0 Å². The molecular formula is C11H17NS. The average Bonchev–Trinajstić information content (AvgIpc) is 2.19. The van der Waals surface area contributed by atoms with Crippen LogP contribution in [0.25, 0.3) is 0 Å². The summed E-state index contributed by atoms with van der Waals surface area (Å²) in [5.74, 6) is 2.23. The SMILES string of the molecule is CCCSCC(N)c1ccccc1. The van der Waals surface area contributed by atoms with E-state index in [1.54, 1.807) is 0 Å². The zero-order chi connectivity index (χ0) is 9.52. The van der Waals surface area contributed by atoms with Crippen molar-refractivity contribution in [2.45, 2.75) is 19.4 Å². The summed E-state index contributed by atoms with van der Waals surface area (Å²) in [6.07, 6.45) is 1.23. The fourth-order valence-corrected chi connectivity index (χ4v) is 2.05. The molecule has 0 aliphatic rings. The van der Waals surface area contributed by atoms with E-state index in [1.807, 2.05) is 30.0 Å². The molecule has 1 atom stereocenters. The average molecular weight is 195 g/mol. The third-order valence-electron chi connectivity index (χ3n) is 1.87. The number of hydrogen-bond acceptors (Lipinski definition) is 2. The maximum absolute atomic E-state index is 6.01. The molecule has 13 heavy (non-hydrogen) atoms. The van der Waals surface area contributed by atoms with Crippen molar-refractivity contribution in [2.24, 2.45) is 5.73 Å². The van der Waals surface area contributed by atoms with Crippen LogP contribution in [0.2, 0.25) is 0 Å². The van der Waals surface area contributed by atoms with Crippen molar-refractivity contribution in [1.29, 1.82) is 0 Å². The topological polar surface area (TPSA) is 26.0 Å². The minimum atomic E-state index is 0.192. The van der Waals surface area contributed by atoms with E-state index in [2.05, 4.69) is 19.1 Å². The minimum Gasteiger partial charge on any atom is -0.323 e. The summed E-state index contributed by atoms with van der Waals surface area (Å²) in [6, 6.07) is 10.5. The fraction of sp³-hybridized carbons (Fsp3) is 0.455. The number of hydrogen-bond donors (Lipinski definition) is 1. The van der Waals surface area contributed by atoms with Gasteiger partial charge in [-0.3, -0.25) is 0 Å². The third-order valence-corrected chi connectivity index (χ3v) is 3.17. The van der Waals surface area contributed by atoms with E-state index >= 15 is 0 Å². The molecule has 0 fully saturated rings. The third kappa shape index (κ3) is 3.83. The summed E-state index contributed by atoms with van der Waals surface area (Å²) in [6.45, 7) is 2.20. The van der Waals surface area contributed by atoms with Crippen LogP contribution in [0.15, 0.2) is 30.3 Å². The van der Waals surface area contributed by atoms with Crippen molar-refractivity contribution in [3.63, 3.8) is 0 Å². The van der Waals surface area contributed by atoms with Gasteiger partial charge in [-0.2, -0.15) is 11.8 Å². The minimum absolute atomic E-state index is 0.192. The molecule has 0 aliphatic carbocycles. The van der Waals surface area contributed by atoms with Crippen LogP contribution in [-0.2, 0) is 0 Å². The Morgan fingerprint density at radius 2 is 2.00 bits per heavy atom. The molecule has 1 aromatic carbocycles. The van der Waals surface area contributed by atoms with Crippen LogP contribution < -0.4 is 5.73 Å². The van der Waals surface area contributed by atoms with Gasteiger partial charge in [0.15, 0.2) is 0 Å². The number of nitrogens with two attached hydrogens (primary N) is 1. The van der Waals surface area contributed by atoms with Gasteiger partial charge >= 0.3 is 0 Å². The molecule has 0 radical (unpaired) electrons. The van der Waals surface area contributed by atoms with E-state index in [0.717, 1.165) is 5.75 Å². The molecule has 1 aromatic rings. The molecule has 0 heterocycles. The lowest BCUT2D eigenvalue weighted by Gasteiger charge is -2.10. The quantitative estimate of drug-likeness (QED) is 0.731. The first-order chi connectivity index (χ1) is 6.34. The molecule has 1 rings (SSSR count). The Morgan fingerprint density at radius 3 is 2.62 bits per heavy atom. The Bertz CT molecular complexity index is 223. The molecule has 0 bridgehead atoms. The Balaban J connectivity index is 2.35. The summed E-state index contributed by atoms with van der Waals surface area (Å²) < 4.78 is 0. The van der Waals surface area contributed by atoms with Gasteiger partial charge in [-0.1, -0.05) is 37.3 Å². The molecule has 0 amide bonds. The summed E-state index contributed by atoms with van der Waals surface area (Å²) in [5.41, 5.74) is 7.26. The van der Waals surface area contributed by atoms with Crippen molar-refractivity contribution in [2.75, 3.05) is 11.5 Å². The molecule has 2 heteroatoms. The zero-order valence-corrected chi connectivity index (χ0v) is 8.89. The fourth-order valence-electron chi connectivity index (χ4n) is 1.15. The highest BCUT2D eigenvalue weighted by Crippen LogP contribution is 2.15. The van der Waals surface area contributed by atoms with Crippen LogP contribution in [0, 0.1) is 0 Å². The molecule has 0 saturated carbocycles. The molecule has 0 saturated heterocycles. The Morgan fingerprint density at radius 1 is 1.31 bits per heavy atom. The summed E-state index contributed by atoms with van der Waals surface area (Å²) in [7, 11) is 0. The lowest BCUT2D eigenvalue weighted by atomic mass is 10.1. The second kappa shape index (κ2) is 6.06. The van der Waals surface area contributed by atoms with Crippen LogP contribution >= 0.6 is 11.8 Å². The molecule has 1 nitrogen and oxygen atoms in total. The summed E-state index contributed by atoms with van der Waals surface area (Å²) >= 11 is 1.93. The van der Waals surface area contributed by atoms with Crippen molar-refractivity contribution >= 4 is 11.8 Å². The molecule has 1 unspecified atom stereocenters. The van der Waals surface area contributed by atoms with Gasteiger partial charge in [0.05, 0.1) is 0 Å². The Labute approximate surface area is 84.7 Å². The Hall–Kier alpha value is -0.470. The van der Waals surface area contributed by atoms with Gasteiger partial charge in [-0.15, -0.1) is 0 Å². The highest BCUT2D eigenvalue weighted by Gasteiger charge is 2.03. The van der Waals surface area contributed by atoms with Gasteiger partial charge in [-0.05, 0) is 17.7 Å². The Kier molecular flexibility index (Phi) is 4.94.